The van der Waals surface area contributed by atoms with Gasteiger partial charge in [-0.05, 0) is 58.3 Å². The summed E-state index contributed by atoms with van der Waals surface area (Å²) in [4.78, 5) is 20.2. The maximum absolute atomic E-state index is 12.7. The van der Waals surface area contributed by atoms with E-state index in [1.165, 1.54) is 64.7 Å². The lowest BCUT2D eigenvalue weighted by atomic mass is 9.81. The van der Waals surface area contributed by atoms with Crippen molar-refractivity contribution < 1.29 is 9.53 Å². The summed E-state index contributed by atoms with van der Waals surface area (Å²) >= 11 is 0. The van der Waals surface area contributed by atoms with Crippen molar-refractivity contribution in [2.75, 3.05) is 45.9 Å². The minimum Gasteiger partial charge on any atom is -0.375 e. The molecule has 1 saturated carbocycles. The Morgan fingerprint density at radius 2 is 1.68 bits per heavy atom. The van der Waals surface area contributed by atoms with E-state index in [0.717, 1.165) is 39.0 Å². The van der Waals surface area contributed by atoms with Gasteiger partial charge in [-0.15, -0.1) is 0 Å². The number of amides is 1. The van der Waals surface area contributed by atoms with E-state index in [4.69, 9.17) is 4.74 Å². The Morgan fingerprint density at radius 1 is 1.00 bits per heavy atom. The summed E-state index contributed by atoms with van der Waals surface area (Å²) in [5.41, 5.74) is 0.0300. The Balaban J connectivity index is 1.26. The molecule has 3 heterocycles. The number of hydrogen-bond donors (Lipinski definition) is 0. The van der Waals surface area contributed by atoms with Crippen LogP contribution >= 0.6 is 0 Å². The Hall–Kier alpha value is -0.650. The van der Waals surface area contributed by atoms with E-state index < -0.39 is 0 Å². The zero-order valence-corrected chi connectivity index (χ0v) is 18.2. The molecular formula is C23H41N3O2. The van der Waals surface area contributed by atoms with E-state index in [2.05, 4.69) is 28.5 Å². The summed E-state index contributed by atoms with van der Waals surface area (Å²) < 4.78 is 6.37. The number of hydrogen-bond acceptors (Lipinski definition) is 4. The lowest BCUT2D eigenvalue weighted by Gasteiger charge is -2.50. The van der Waals surface area contributed by atoms with Crippen LogP contribution in [0.3, 0.4) is 0 Å². The lowest BCUT2D eigenvalue weighted by molar-refractivity contribution is -0.151. The molecular weight excluding hydrogens is 350 g/mol. The first-order valence-corrected chi connectivity index (χ1v) is 11.9. The summed E-state index contributed by atoms with van der Waals surface area (Å²) in [6, 6.07) is 1.33. The molecule has 5 nitrogen and oxygen atoms in total. The largest absolute Gasteiger partial charge is 0.375 e. The first-order valence-electron chi connectivity index (χ1n) is 11.9. The van der Waals surface area contributed by atoms with E-state index in [1.54, 1.807) is 0 Å². The highest BCUT2D eigenvalue weighted by atomic mass is 16.5. The number of carbonyl (C=O) groups is 1. The van der Waals surface area contributed by atoms with Crippen molar-refractivity contribution in [3.05, 3.63) is 0 Å². The average Bonchev–Trinajstić information content (AvgIpc) is 3.22. The van der Waals surface area contributed by atoms with Crippen molar-refractivity contribution >= 4 is 5.91 Å². The Kier molecular flexibility index (Phi) is 6.63. The zero-order chi connectivity index (χ0) is 19.6. The summed E-state index contributed by atoms with van der Waals surface area (Å²) in [5, 5.41) is 0. The van der Waals surface area contributed by atoms with Crippen LogP contribution in [0.25, 0.3) is 0 Å². The maximum atomic E-state index is 12.7. The Bertz CT molecular complexity index is 516. The fourth-order valence-electron chi connectivity index (χ4n) is 6.04. The standard InChI is InChI=1S/C23H41N3O2/c1-19(2)24-12-14-25(15-13-24)21-7-16-28-23(18-21)8-10-26(11-9-23)22(27)17-20-5-3-4-6-20/h19-21H,3-18H2,1-2H3/t21-/m1/s1. The van der Waals surface area contributed by atoms with Crippen LogP contribution in [0, 0.1) is 5.92 Å². The summed E-state index contributed by atoms with van der Waals surface area (Å²) in [5.74, 6) is 1.06. The maximum Gasteiger partial charge on any atom is 0.222 e. The molecule has 5 heteroatoms. The summed E-state index contributed by atoms with van der Waals surface area (Å²) in [7, 11) is 0. The molecule has 0 aromatic heterocycles. The van der Waals surface area contributed by atoms with Gasteiger partial charge in [0, 0.05) is 64.4 Å². The lowest BCUT2D eigenvalue weighted by Crippen LogP contribution is -2.58. The van der Waals surface area contributed by atoms with Gasteiger partial charge in [-0.3, -0.25) is 14.6 Å². The van der Waals surface area contributed by atoms with Gasteiger partial charge in [0.2, 0.25) is 5.91 Å². The molecule has 1 spiro atoms. The number of ether oxygens (including phenoxy) is 1. The number of piperidine rings is 1. The van der Waals surface area contributed by atoms with E-state index in [0.29, 0.717) is 23.9 Å². The molecule has 1 aliphatic carbocycles. The molecule has 4 fully saturated rings. The van der Waals surface area contributed by atoms with E-state index in [-0.39, 0.29) is 5.60 Å². The SMILES string of the molecule is CC(C)N1CCN([C@@H]2CCOC3(CCN(C(=O)CC4CCCC4)CC3)C2)CC1. The molecule has 4 rings (SSSR count). The molecule has 1 amide bonds. The zero-order valence-electron chi connectivity index (χ0n) is 18.2. The summed E-state index contributed by atoms with van der Waals surface area (Å²) in [6.45, 7) is 12.1. The molecule has 1 atom stereocenters. The molecule has 3 aliphatic heterocycles. The second-order valence-electron chi connectivity index (χ2n) is 10.1. The van der Waals surface area contributed by atoms with Crippen LogP contribution < -0.4 is 0 Å². The molecule has 0 N–H and O–H groups in total. The van der Waals surface area contributed by atoms with Crippen molar-refractivity contribution in [2.45, 2.75) is 89.3 Å². The monoisotopic (exact) mass is 391 g/mol. The quantitative estimate of drug-likeness (QED) is 0.738. The van der Waals surface area contributed by atoms with Crippen molar-refractivity contribution in [3.8, 4) is 0 Å². The molecule has 0 aromatic rings. The van der Waals surface area contributed by atoms with E-state index in [1.807, 2.05) is 0 Å². The molecule has 160 valence electrons. The van der Waals surface area contributed by atoms with Crippen molar-refractivity contribution in [1.82, 2.24) is 14.7 Å². The molecule has 4 aliphatic rings. The topological polar surface area (TPSA) is 36.0 Å². The van der Waals surface area contributed by atoms with Gasteiger partial charge in [-0.2, -0.15) is 0 Å². The molecule has 3 saturated heterocycles. The van der Waals surface area contributed by atoms with Crippen molar-refractivity contribution in [1.29, 1.82) is 0 Å². The predicted molar refractivity (Wildman–Crippen MR) is 112 cm³/mol. The first kappa shape index (κ1) is 20.6. The van der Waals surface area contributed by atoms with Gasteiger partial charge in [-0.1, -0.05) is 12.8 Å². The third-order valence-corrected chi connectivity index (χ3v) is 8.03. The Labute approximate surface area is 171 Å². The van der Waals surface area contributed by atoms with Gasteiger partial charge in [0.1, 0.15) is 0 Å². The Morgan fingerprint density at radius 3 is 2.32 bits per heavy atom. The van der Waals surface area contributed by atoms with Gasteiger partial charge in [0.15, 0.2) is 0 Å². The molecule has 0 radical (unpaired) electrons. The minimum atomic E-state index is 0.0300. The van der Waals surface area contributed by atoms with Gasteiger partial charge in [-0.25, -0.2) is 0 Å². The minimum absolute atomic E-state index is 0.0300. The normalized spacial score (nSPS) is 30.4. The van der Waals surface area contributed by atoms with Crippen LogP contribution in [0.5, 0.6) is 0 Å². The van der Waals surface area contributed by atoms with Crippen molar-refractivity contribution in [2.24, 2.45) is 5.92 Å². The molecule has 0 bridgehead atoms. The highest BCUT2D eigenvalue weighted by Gasteiger charge is 2.43. The van der Waals surface area contributed by atoms with E-state index >= 15 is 0 Å². The van der Waals surface area contributed by atoms with Crippen LogP contribution in [0.2, 0.25) is 0 Å². The smallest absolute Gasteiger partial charge is 0.222 e. The molecule has 0 aromatic carbocycles. The van der Waals surface area contributed by atoms with Gasteiger partial charge < -0.3 is 9.64 Å². The third kappa shape index (κ3) is 4.73. The summed E-state index contributed by atoms with van der Waals surface area (Å²) in [6.07, 6.45) is 10.4. The number of nitrogens with zero attached hydrogens (tertiary/aromatic N) is 3. The third-order valence-electron chi connectivity index (χ3n) is 8.03. The van der Waals surface area contributed by atoms with Crippen LogP contribution in [-0.2, 0) is 9.53 Å². The fraction of sp³-hybridized carbons (Fsp3) is 0.957. The number of likely N-dealkylation sites (tertiary alicyclic amines) is 1. The number of piperazine rings is 1. The number of rotatable bonds is 4. The van der Waals surface area contributed by atoms with Crippen LogP contribution in [0.4, 0.5) is 0 Å². The fourth-order valence-corrected chi connectivity index (χ4v) is 6.04. The van der Waals surface area contributed by atoms with Crippen molar-refractivity contribution in [3.63, 3.8) is 0 Å². The highest BCUT2D eigenvalue weighted by Crippen LogP contribution is 2.37. The van der Waals surface area contributed by atoms with Gasteiger partial charge in [0.25, 0.3) is 0 Å². The number of carbonyl (C=O) groups excluding carboxylic acids is 1. The highest BCUT2D eigenvalue weighted by molar-refractivity contribution is 5.76. The average molecular weight is 392 g/mol. The first-order chi connectivity index (χ1) is 13.5. The second kappa shape index (κ2) is 9.01. The van der Waals surface area contributed by atoms with Crippen LogP contribution in [0.1, 0.15) is 71.6 Å². The van der Waals surface area contributed by atoms with Crippen LogP contribution in [0.15, 0.2) is 0 Å². The second-order valence-corrected chi connectivity index (χ2v) is 10.1. The van der Waals surface area contributed by atoms with Gasteiger partial charge in [0.05, 0.1) is 5.60 Å². The molecule has 0 unspecified atom stereocenters. The predicted octanol–water partition coefficient (Wildman–Crippen LogP) is 3.13. The molecule has 28 heavy (non-hydrogen) atoms. The van der Waals surface area contributed by atoms with Crippen LogP contribution in [-0.4, -0.2) is 84.2 Å². The van der Waals surface area contributed by atoms with Gasteiger partial charge >= 0.3 is 0 Å². The van der Waals surface area contributed by atoms with E-state index in [9.17, 15) is 4.79 Å².